The van der Waals surface area contributed by atoms with Crippen molar-refractivity contribution in [2.45, 2.75) is 44.6 Å². The van der Waals surface area contributed by atoms with Gasteiger partial charge >= 0.3 is 18.2 Å². The number of sulfonamides is 1. The first-order valence-corrected chi connectivity index (χ1v) is 14.3. The molecule has 1 amide bonds. The number of alkyl halides is 3. The summed E-state index contributed by atoms with van der Waals surface area (Å²) in [5, 5.41) is 19.8. The summed E-state index contributed by atoms with van der Waals surface area (Å²) in [6, 6.07) is 12.4. The predicted molar refractivity (Wildman–Crippen MR) is 146 cm³/mol. The Hall–Kier alpha value is -4.87. The van der Waals surface area contributed by atoms with Crippen LogP contribution in [-0.2, 0) is 35.3 Å². The van der Waals surface area contributed by atoms with Gasteiger partial charge in [0.25, 0.3) is 16.3 Å². The van der Waals surface area contributed by atoms with Gasteiger partial charge in [-0.15, -0.1) is 5.01 Å². The molecule has 238 valence electrons. The van der Waals surface area contributed by atoms with Gasteiger partial charge in [-0.3, -0.25) is 9.63 Å². The highest BCUT2D eigenvalue weighted by atomic mass is 32.2. The number of aryl methyl sites for hydroxylation is 1. The van der Waals surface area contributed by atoms with E-state index in [4.69, 9.17) is 9.57 Å². The van der Waals surface area contributed by atoms with Crippen molar-refractivity contribution < 1.29 is 50.5 Å². The van der Waals surface area contributed by atoms with E-state index in [9.17, 15) is 36.4 Å². The van der Waals surface area contributed by atoms with Crippen molar-refractivity contribution in [2.24, 2.45) is 5.28 Å². The molecule has 1 heterocycles. The Morgan fingerprint density at radius 3 is 2.39 bits per heavy atom. The number of amides is 1. The summed E-state index contributed by atoms with van der Waals surface area (Å²) in [6.45, 7) is 4.08. The third kappa shape index (κ3) is 9.32. The number of hydrogen-bond donors (Lipinski definition) is 1. The summed E-state index contributed by atoms with van der Waals surface area (Å²) in [5.74, 6) is -0.627. The van der Waals surface area contributed by atoms with Crippen LogP contribution in [0.5, 0.6) is 0 Å². The van der Waals surface area contributed by atoms with E-state index in [2.05, 4.69) is 15.1 Å². The fourth-order valence-electron chi connectivity index (χ4n) is 3.58. The van der Waals surface area contributed by atoms with E-state index in [1.807, 2.05) is 6.92 Å². The molecule has 0 saturated carbocycles. The molecular formula is C26H29F3N6O8S. The first kappa shape index (κ1) is 33.6. The van der Waals surface area contributed by atoms with Gasteiger partial charge in [0.1, 0.15) is 0 Å². The fraction of sp³-hybridized carbons (Fsp3) is 0.346. The maximum atomic E-state index is 13.4. The summed E-state index contributed by atoms with van der Waals surface area (Å²) < 4.78 is 78.0. The van der Waals surface area contributed by atoms with Gasteiger partial charge in [-0.1, -0.05) is 29.8 Å². The van der Waals surface area contributed by atoms with E-state index < -0.39 is 40.2 Å². The van der Waals surface area contributed by atoms with E-state index in [1.54, 1.807) is 29.0 Å². The highest BCUT2D eigenvalue weighted by Gasteiger charge is 2.35. The number of nitrogens with one attached hydrogen (secondary N) is 1. The fourth-order valence-corrected chi connectivity index (χ4v) is 4.47. The zero-order chi connectivity index (χ0) is 32.7. The zero-order valence-electron chi connectivity index (χ0n) is 23.9. The van der Waals surface area contributed by atoms with Crippen LogP contribution < -0.4 is 4.72 Å². The Balaban J connectivity index is 1.60. The molecule has 1 unspecified atom stereocenters. The van der Waals surface area contributed by atoms with Crippen LogP contribution in [0.2, 0.25) is 0 Å². The number of rotatable bonds is 12. The van der Waals surface area contributed by atoms with Crippen molar-refractivity contribution in [3.8, 4) is 16.9 Å². The van der Waals surface area contributed by atoms with E-state index in [0.29, 0.717) is 5.56 Å². The lowest BCUT2D eigenvalue weighted by Crippen LogP contribution is -2.32. The molecule has 0 bridgehead atoms. The minimum absolute atomic E-state index is 0.0217. The maximum Gasteiger partial charge on any atom is 0.435 e. The number of hydrogen-bond acceptors (Lipinski definition) is 10. The lowest BCUT2D eigenvalue weighted by molar-refractivity contribution is -0.707. The molecule has 14 nitrogen and oxygen atoms in total. The molecule has 0 aliphatic carbocycles. The number of benzene rings is 2. The molecule has 44 heavy (non-hydrogen) atoms. The van der Waals surface area contributed by atoms with Gasteiger partial charge < -0.3 is 14.7 Å². The van der Waals surface area contributed by atoms with Crippen LogP contribution >= 0.6 is 0 Å². The molecule has 0 radical (unpaired) electrons. The molecule has 1 atom stereocenters. The number of carbonyl (C=O) groups is 2. The molecule has 3 aromatic rings. The van der Waals surface area contributed by atoms with Crippen LogP contribution in [-0.4, -0.2) is 66.7 Å². The number of aromatic nitrogens is 2. The lowest BCUT2D eigenvalue weighted by atomic mass is 10.1. The third-order valence-corrected chi connectivity index (χ3v) is 7.03. The van der Waals surface area contributed by atoms with Crippen molar-refractivity contribution in [1.82, 2.24) is 19.5 Å². The second-order valence-corrected chi connectivity index (χ2v) is 11.0. The van der Waals surface area contributed by atoms with E-state index in [1.165, 1.54) is 26.1 Å². The SMILES string of the molecule is CC(=O)OC(C)ON=[N+]([O-])N(C)CCCOC(=O)NS(=O)(=O)c1ccc(-n2nc(C(F)(F)F)cc2-c2ccc(C)cc2)cc1. The quantitative estimate of drug-likeness (QED) is 0.0750. The van der Waals surface area contributed by atoms with E-state index >= 15 is 0 Å². The Morgan fingerprint density at radius 1 is 1.16 bits per heavy atom. The second-order valence-electron chi connectivity index (χ2n) is 9.28. The largest absolute Gasteiger partial charge is 0.569 e. The molecule has 0 spiro atoms. The molecule has 0 saturated heterocycles. The molecule has 0 aliphatic rings. The summed E-state index contributed by atoms with van der Waals surface area (Å²) in [7, 11) is -3.06. The minimum atomic E-state index is -4.71. The number of esters is 1. The van der Waals surface area contributed by atoms with Crippen LogP contribution in [0.15, 0.2) is 64.8 Å². The summed E-state index contributed by atoms with van der Waals surface area (Å²) >= 11 is 0. The number of nitrogens with zero attached hydrogens (tertiary/aromatic N) is 5. The van der Waals surface area contributed by atoms with Gasteiger partial charge in [-0.05, 0) is 37.3 Å². The molecule has 0 aliphatic heterocycles. The molecule has 0 fully saturated rings. The van der Waals surface area contributed by atoms with E-state index in [0.717, 1.165) is 40.4 Å². The average molecular weight is 643 g/mol. The normalized spacial score (nSPS) is 12.8. The smallest absolute Gasteiger partial charge is 0.435 e. The Morgan fingerprint density at radius 2 is 1.80 bits per heavy atom. The van der Waals surface area contributed by atoms with Gasteiger partial charge in [-0.25, -0.2) is 22.6 Å². The standard InChI is InChI=1S/C26H29F3N6O8S/c1-17-6-8-20(9-7-17)23-16-24(26(27,28)29)30-34(23)21-10-12-22(13-11-21)44(39,40)31-25(37)41-15-5-14-33(4)35(38)32-43-19(3)42-18(2)36/h6-13,16,19H,5,14-15H2,1-4H3,(H,31,37). The number of hydrazine groups is 1. The van der Waals surface area contributed by atoms with Crippen LogP contribution in [0.1, 0.15) is 31.5 Å². The summed E-state index contributed by atoms with van der Waals surface area (Å²) in [4.78, 5) is 27.3. The van der Waals surface area contributed by atoms with Crippen molar-refractivity contribution >= 4 is 22.1 Å². The summed E-state index contributed by atoms with van der Waals surface area (Å²) in [6.07, 6.45) is -7.00. The highest BCUT2D eigenvalue weighted by molar-refractivity contribution is 7.90. The van der Waals surface area contributed by atoms with Gasteiger partial charge in [0.15, 0.2) is 5.69 Å². The van der Waals surface area contributed by atoms with Crippen LogP contribution in [0.4, 0.5) is 18.0 Å². The van der Waals surface area contributed by atoms with Crippen molar-refractivity contribution in [3.05, 3.63) is 71.1 Å². The third-order valence-electron chi connectivity index (χ3n) is 5.71. The van der Waals surface area contributed by atoms with Crippen LogP contribution in [0.3, 0.4) is 0 Å². The molecular weight excluding hydrogens is 613 g/mol. The predicted octanol–water partition coefficient (Wildman–Crippen LogP) is 4.32. The average Bonchev–Trinajstić information content (AvgIpc) is 3.40. The minimum Gasteiger partial charge on any atom is -0.569 e. The molecule has 1 aromatic heterocycles. The van der Waals surface area contributed by atoms with Crippen LogP contribution in [0.25, 0.3) is 16.9 Å². The first-order valence-electron chi connectivity index (χ1n) is 12.8. The van der Waals surface area contributed by atoms with Gasteiger partial charge in [-0.2, -0.15) is 18.3 Å². The highest BCUT2D eigenvalue weighted by Crippen LogP contribution is 2.33. The van der Waals surface area contributed by atoms with Gasteiger partial charge in [0.05, 0.1) is 41.4 Å². The topological polar surface area (TPSA) is 167 Å². The Kier molecular flexibility index (Phi) is 10.8. The number of halogens is 3. The molecule has 1 N–H and O–H groups in total. The number of ether oxygens (including phenoxy) is 2. The Bertz CT molecular complexity index is 1590. The maximum absolute atomic E-state index is 13.4. The lowest BCUT2D eigenvalue weighted by Gasteiger charge is -2.14. The van der Waals surface area contributed by atoms with Crippen LogP contribution in [0, 0.1) is 12.1 Å². The van der Waals surface area contributed by atoms with E-state index in [-0.39, 0.29) is 40.8 Å². The second kappa shape index (κ2) is 14.1. The first-order chi connectivity index (χ1) is 20.6. The zero-order valence-corrected chi connectivity index (χ0v) is 24.8. The molecule has 3 rings (SSSR count). The molecule has 2 aromatic carbocycles. The number of carbonyl (C=O) groups excluding carboxylic acids is 2. The van der Waals surface area contributed by atoms with Crippen molar-refractivity contribution in [1.29, 1.82) is 0 Å². The van der Waals surface area contributed by atoms with Crippen molar-refractivity contribution in [3.63, 3.8) is 0 Å². The van der Waals surface area contributed by atoms with Crippen molar-refractivity contribution in [2.75, 3.05) is 20.2 Å². The van der Waals surface area contributed by atoms with Gasteiger partial charge in [0, 0.05) is 25.8 Å². The summed E-state index contributed by atoms with van der Waals surface area (Å²) in [5.41, 5.74) is 0.527. The monoisotopic (exact) mass is 642 g/mol. The van der Waals surface area contributed by atoms with Gasteiger partial charge in [0.2, 0.25) is 5.28 Å². The Labute approximate surface area is 250 Å². The molecule has 18 heteroatoms.